The van der Waals surface area contributed by atoms with Crippen molar-refractivity contribution in [2.75, 3.05) is 48.0 Å². The summed E-state index contributed by atoms with van der Waals surface area (Å²) in [5.41, 5.74) is 1.83. The van der Waals surface area contributed by atoms with Crippen LogP contribution in [0.4, 0.5) is 23.1 Å². The number of amides is 1. The van der Waals surface area contributed by atoms with Crippen molar-refractivity contribution >= 4 is 29.0 Å². The molecular weight excluding hydrogens is 366 g/mol. The van der Waals surface area contributed by atoms with Gasteiger partial charge in [0, 0.05) is 37.2 Å². The molecule has 2 fully saturated rings. The minimum atomic E-state index is -0.245. The Kier molecular flexibility index (Phi) is 5.67. The predicted octanol–water partition coefficient (Wildman–Crippen LogP) is 3.60. The third-order valence-electron chi connectivity index (χ3n) is 6.26. The Labute approximate surface area is 172 Å². The van der Waals surface area contributed by atoms with E-state index in [1.165, 1.54) is 0 Å². The van der Waals surface area contributed by atoms with Crippen LogP contribution in [-0.4, -0.2) is 48.7 Å². The summed E-state index contributed by atoms with van der Waals surface area (Å²) in [6.07, 6.45) is 4.32. The van der Waals surface area contributed by atoms with Gasteiger partial charge in [0.25, 0.3) is 0 Å². The van der Waals surface area contributed by atoms with Gasteiger partial charge in [-0.2, -0.15) is 4.98 Å². The molecule has 0 aliphatic carbocycles. The number of carbonyl (C=O) groups excluding carboxylic acids is 1. The Bertz CT molecular complexity index is 862. The summed E-state index contributed by atoms with van der Waals surface area (Å²) < 4.78 is 5.44. The maximum atomic E-state index is 13.0. The minimum absolute atomic E-state index is 0.182. The molecule has 1 N–H and O–H groups in total. The molecule has 0 atom stereocenters. The fourth-order valence-corrected chi connectivity index (χ4v) is 4.24. The average molecular weight is 396 g/mol. The summed E-state index contributed by atoms with van der Waals surface area (Å²) in [6, 6.07) is 10.0. The molecule has 4 rings (SSSR count). The minimum Gasteiger partial charge on any atom is -0.378 e. The smallest absolute Gasteiger partial charge is 0.234 e. The summed E-state index contributed by atoms with van der Waals surface area (Å²) in [6.45, 7) is 8.20. The second kappa shape index (κ2) is 8.37. The topological polar surface area (TPSA) is 70.6 Å². The molecule has 7 nitrogen and oxygen atoms in total. The van der Waals surface area contributed by atoms with Gasteiger partial charge in [0.2, 0.25) is 11.9 Å². The van der Waals surface area contributed by atoms with E-state index in [0.29, 0.717) is 18.3 Å². The van der Waals surface area contributed by atoms with Crippen molar-refractivity contribution in [2.45, 2.75) is 33.1 Å². The molecule has 1 aromatic heterocycles. The first kappa shape index (κ1) is 19.6. The van der Waals surface area contributed by atoms with E-state index in [0.717, 1.165) is 56.9 Å². The SMILES string of the molecule is CCC1(CC)CCN(c2ccnc(Nc3cccc(N4CCOCC4)c3)n2)C1=O. The lowest BCUT2D eigenvalue weighted by molar-refractivity contribution is -0.125. The Morgan fingerprint density at radius 2 is 1.93 bits per heavy atom. The predicted molar refractivity (Wildman–Crippen MR) is 115 cm³/mol. The maximum absolute atomic E-state index is 13.0. The number of hydrogen-bond donors (Lipinski definition) is 1. The van der Waals surface area contributed by atoms with Gasteiger partial charge >= 0.3 is 0 Å². The van der Waals surface area contributed by atoms with Crippen LogP contribution >= 0.6 is 0 Å². The van der Waals surface area contributed by atoms with Crippen molar-refractivity contribution in [3.63, 3.8) is 0 Å². The van der Waals surface area contributed by atoms with Crippen LogP contribution in [0.15, 0.2) is 36.5 Å². The summed E-state index contributed by atoms with van der Waals surface area (Å²) in [7, 11) is 0. The molecule has 0 saturated carbocycles. The zero-order chi connectivity index (χ0) is 20.3. The zero-order valence-corrected chi connectivity index (χ0v) is 17.2. The fraction of sp³-hybridized carbons (Fsp3) is 0.500. The summed E-state index contributed by atoms with van der Waals surface area (Å²) in [5.74, 6) is 1.35. The average Bonchev–Trinajstić information content (AvgIpc) is 3.11. The largest absolute Gasteiger partial charge is 0.378 e. The van der Waals surface area contributed by atoms with E-state index >= 15 is 0 Å². The number of nitrogens with zero attached hydrogens (tertiary/aromatic N) is 4. The monoisotopic (exact) mass is 395 g/mol. The van der Waals surface area contributed by atoms with Gasteiger partial charge in [-0.1, -0.05) is 19.9 Å². The van der Waals surface area contributed by atoms with Crippen LogP contribution in [0.5, 0.6) is 0 Å². The molecule has 0 spiro atoms. The van der Waals surface area contributed by atoms with Crippen LogP contribution in [-0.2, 0) is 9.53 Å². The van der Waals surface area contributed by atoms with Gasteiger partial charge in [-0.05, 0) is 43.5 Å². The number of anilines is 4. The molecule has 7 heteroatoms. The number of ether oxygens (including phenoxy) is 1. The molecule has 1 amide bonds. The molecule has 3 heterocycles. The van der Waals surface area contributed by atoms with E-state index in [-0.39, 0.29) is 11.3 Å². The van der Waals surface area contributed by atoms with Gasteiger partial charge in [0.1, 0.15) is 5.82 Å². The molecule has 2 aromatic rings. The molecule has 154 valence electrons. The Hall–Kier alpha value is -2.67. The van der Waals surface area contributed by atoms with Gasteiger partial charge in [-0.15, -0.1) is 0 Å². The lowest BCUT2D eigenvalue weighted by Crippen LogP contribution is -2.36. The molecule has 2 aliphatic heterocycles. The standard InChI is InChI=1S/C22H29N5O2/c1-3-22(4-2)9-11-27(20(22)28)19-8-10-23-21(25-19)24-17-6-5-7-18(16-17)26-12-14-29-15-13-26/h5-8,10,16H,3-4,9,11-15H2,1-2H3,(H,23,24,25). The first-order valence-electron chi connectivity index (χ1n) is 10.5. The highest BCUT2D eigenvalue weighted by molar-refractivity contribution is 5.99. The first-order valence-corrected chi connectivity index (χ1v) is 10.5. The molecule has 29 heavy (non-hydrogen) atoms. The zero-order valence-electron chi connectivity index (χ0n) is 17.2. The van der Waals surface area contributed by atoms with E-state index in [2.05, 4.69) is 46.2 Å². The lowest BCUT2D eigenvalue weighted by Gasteiger charge is -2.29. The van der Waals surface area contributed by atoms with Crippen LogP contribution in [0, 0.1) is 5.41 Å². The summed E-state index contributed by atoms with van der Waals surface area (Å²) >= 11 is 0. The third-order valence-corrected chi connectivity index (χ3v) is 6.26. The summed E-state index contributed by atoms with van der Waals surface area (Å²) in [5, 5.41) is 3.29. The highest BCUT2D eigenvalue weighted by Gasteiger charge is 2.44. The number of hydrogen-bond acceptors (Lipinski definition) is 6. The van der Waals surface area contributed by atoms with Crippen molar-refractivity contribution in [1.29, 1.82) is 0 Å². The normalized spacial score (nSPS) is 18.9. The van der Waals surface area contributed by atoms with E-state index < -0.39 is 0 Å². The number of nitrogens with one attached hydrogen (secondary N) is 1. The van der Waals surface area contributed by atoms with Crippen molar-refractivity contribution in [3.8, 4) is 0 Å². The molecule has 0 unspecified atom stereocenters. The molecule has 0 bridgehead atoms. The first-order chi connectivity index (χ1) is 14.1. The fourth-order valence-electron chi connectivity index (χ4n) is 4.24. The highest BCUT2D eigenvalue weighted by atomic mass is 16.5. The quantitative estimate of drug-likeness (QED) is 0.806. The molecule has 1 aromatic carbocycles. The Balaban J connectivity index is 1.51. The van der Waals surface area contributed by atoms with Crippen LogP contribution in [0.2, 0.25) is 0 Å². The van der Waals surface area contributed by atoms with Crippen molar-refractivity contribution in [3.05, 3.63) is 36.5 Å². The second-order valence-corrected chi connectivity index (χ2v) is 7.71. The van der Waals surface area contributed by atoms with Gasteiger partial charge in [-0.3, -0.25) is 9.69 Å². The van der Waals surface area contributed by atoms with E-state index in [4.69, 9.17) is 4.74 Å². The molecule has 2 saturated heterocycles. The van der Waals surface area contributed by atoms with Crippen LogP contribution < -0.4 is 15.1 Å². The van der Waals surface area contributed by atoms with Gasteiger partial charge in [0.15, 0.2) is 0 Å². The number of rotatable bonds is 6. The van der Waals surface area contributed by atoms with Gasteiger partial charge in [-0.25, -0.2) is 4.98 Å². The van der Waals surface area contributed by atoms with E-state index in [1.807, 2.05) is 23.1 Å². The van der Waals surface area contributed by atoms with Crippen LogP contribution in [0.3, 0.4) is 0 Å². The maximum Gasteiger partial charge on any atom is 0.234 e. The number of morpholine rings is 1. The van der Waals surface area contributed by atoms with Crippen molar-refractivity contribution in [1.82, 2.24) is 9.97 Å². The third kappa shape index (κ3) is 3.92. The molecular formula is C22H29N5O2. The molecule has 2 aliphatic rings. The Morgan fingerprint density at radius 3 is 2.66 bits per heavy atom. The summed E-state index contributed by atoms with van der Waals surface area (Å²) in [4.78, 5) is 26.1. The van der Waals surface area contributed by atoms with Crippen molar-refractivity contribution < 1.29 is 9.53 Å². The number of benzene rings is 1. The van der Waals surface area contributed by atoms with Gasteiger partial charge < -0.3 is 15.0 Å². The number of carbonyl (C=O) groups is 1. The number of aromatic nitrogens is 2. The van der Waals surface area contributed by atoms with Crippen molar-refractivity contribution in [2.24, 2.45) is 5.41 Å². The lowest BCUT2D eigenvalue weighted by atomic mass is 9.81. The van der Waals surface area contributed by atoms with E-state index in [9.17, 15) is 4.79 Å². The molecule has 0 radical (unpaired) electrons. The second-order valence-electron chi connectivity index (χ2n) is 7.71. The van der Waals surface area contributed by atoms with Gasteiger partial charge in [0.05, 0.1) is 18.6 Å². The van der Waals surface area contributed by atoms with Crippen LogP contribution in [0.25, 0.3) is 0 Å². The van der Waals surface area contributed by atoms with Crippen LogP contribution in [0.1, 0.15) is 33.1 Å². The highest BCUT2D eigenvalue weighted by Crippen LogP contribution is 2.40. The Morgan fingerprint density at radius 1 is 1.14 bits per heavy atom. The van der Waals surface area contributed by atoms with E-state index in [1.54, 1.807) is 6.20 Å².